The molecule has 2 aromatic rings. The van der Waals surface area contributed by atoms with Crippen molar-refractivity contribution in [3.63, 3.8) is 0 Å². The summed E-state index contributed by atoms with van der Waals surface area (Å²) in [7, 11) is 2.14. The van der Waals surface area contributed by atoms with Crippen molar-refractivity contribution in [1.29, 1.82) is 0 Å². The zero-order valence-electron chi connectivity index (χ0n) is 17.5. The first-order chi connectivity index (χ1) is 12.8. The minimum Gasteiger partial charge on any atom is -0.346 e. The number of rotatable bonds is 6. The number of aromatic nitrogens is 1. The van der Waals surface area contributed by atoms with Gasteiger partial charge in [-0.3, -0.25) is 4.79 Å². The van der Waals surface area contributed by atoms with Crippen LogP contribution in [0, 0.1) is 11.8 Å². The molecule has 2 heterocycles. The molecular formula is C23H35N3O. The lowest BCUT2D eigenvalue weighted by molar-refractivity contribution is -0.132. The summed E-state index contributed by atoms with van der Waals surface area (Å²) in [4.78, 5) is 14.4. The second kappa shape index (κ2) is 8.05. The third-order valence-electron chi connectivity index (χ3n) is 6.31. The molecule has 0 spiro atoms. The maximum atomic E-state index is 12.4. The van der Waals surface area contributed by atoms with E-state index < -0.39 is 0 Å². The number of carbonyl (C=O) groups is 1. The van der Waals surface area contributed by atoms with Crippen LogP contribution in [0.25, 0.3) is 10.9 Å². The number of hydrogen-bond donors (Lipinski definition) is 1. The summed E-state index contributed by atoms with van der Waals surface area (Å²) in [6, 6.07) is 8.90. The van der Waals surface area contributed by atoms with Crippen molar-refractivity contribution < 1.29 is 4.79 Å². The lowest BCUT2D eigenvalue weighted by Crippen LogP contribution is -2.40. The number of para-hydroxylation sites is 1. The number of nitrogens with zero attached hydrogens (tertiary/aromatic N) is 2. The van der Waals surface area contributed by atoms with E-state index in [1.165, 1.54) is 22.2 Å². The van der Waals surface area contributed by atoms with Gasteiger partial charge in [0.1, 0.15) is 0 Å². The fourth-order valence-corrected chi connectivity index (χ4v) is 4.94. The maximum Gasteiger partial charge on any atom is 0.220 e. The zero-order valence-corrected chi connectivity index (χ0v) is 17.5. The summed E-state index contributed by atoms with van der Waals surface area (Å²) in [6.07, 6.45) is 3.97. The molecule has 27 heavy (non-hydrogen) atoms. The Morgan fingerprint density at radius 2 is 1.96 bits per heavy atom. The molecule has 148 valence electrons. The lowest BCUT2D eigenvalue weighted by atomic mass is 9.87. The molecule has 1 aliphatic rings. The largest absolute Gasteiger partial charge is 0.346 e. The highest BCUT2D eigenvalue weighted by molar-refractivity contribution is 5.86. The van der Waals surface area contributed by atoms with E-state index in [0.29, 0.717) is 11.8 Å². The van der Waals surface area contributed by atoms with E-state index in [1.807, 2.05) is 0 Å². The Labute approximate surface area is 163 Å². The first kappa shape index (κ1) is 19.9. The van der Waals surface area contributed by atoms with Gasteiger partial charge in [-0.05, 0) is 49.1 Å². The molecule has 0 aliphatic carbocycles. The van der Waals surface area contributed by atoms with Gasteiger partial charge in [0.25, 0.3) is 0 Å². The normalized spacial score (nSPS) is 19.4. The second-order valence-electron chi connectivity index (χ2n) is 8.77. The standard InChI is InChI=1S/C23H35N3O/c1-15(2)14-16(3)20(24)10-11-22-23-19(12-13-26(22)17(4)27)18-8-6-7-9-21(18)25(23)5/h6-9,15-16,20,22H,10-14,24H2,1-5H3. The number of amides is 1. The van der Waals surface area contributed by atoms with Crippen LogP contribution in [-0.4, -0.2) is 28.0 Å². The molecule has 1 aromatic heterocycles. The van der Waals surface area contributed by atoms with Gasteiger partial charge in [0.05, 0.1) is 6.04 Å². The van der Waals surface area contributed by atoms with E-state index in [1.54, 1.807) is 6.92 Å². The molecule has 4 nitrogen and oxygen atoms in total. The fourth-order valence-electron chi connectivity index (χ4n) is 4.94. The van der Waals surface area contributed by atoms with Crippen LogP contribution < -0.4 is 5.73 Å². The Kier molecular flexibility index (Phi) is 5.95. The van der Waals surface area contributed by atoms with Crippen molar-refractivity contribution in [3.8, 4) is 0 Å². The first-order valence-corrected chi connectivity index (χ1v) is 10.4. The highest BCUT2D eigenvalue weighted by atomic mass is 16.2. The number of hydrogen-bond acceptors (Lipinski definition) is 2. The van der Waals surface area contributed by atoms with Crippen molar-refractivity contribution in [1.82, 2.24) is 9.47 Å². The molecule has 0 saturated carbocycles. The van der Waals surface area contributed by atoms with E-state index in [9.17, 15) is 4.79 Å². The molecule has 1 aliphatic heterocycles. The third-order valence-corrected chi connectivity index (χ3v) is 6.31. The monoisotopic (exact) mass is 369 g/mol. The number of benzene rings is 1. The van der Waals surface area contributed by atoms with Crippen LogP contribution in [0.2, 0.25) is 0 Å². The van der Waals surface area contributed by atoms with Crippen LogP contribution in [-0.2, 0) is 18.3 Å². The number of aryl methyl sites for hydroxylation is 1. The van der Waals surface area contributed by atoms with Crippen molar-refractivity contribution in [2.45, 2.75) is 65.5 Å². The van der Waals surface area contributed by atoms with Crippen molar-refractivity contribution in [3.05, 3.63) is 35.5 Å². The quantitative estimate of drug-likeness (QED) is 0.820. The van der Waals surface area contributed by atoms with Gasteiger partial charge in [0, 0.05) is 43.2 Å². The van der Waals surface area contributed by atoms with Crippen LogP contribution in [0.15, 0.2) is 24.3 Å². The minimum atomic E-state index is 0.126. The molecule has 3 rings (SSSR count). The van der Waals surface area contributed by atoms with Crippen LogP contribution in [0.1, 0.15) is 64.3 Å². The highest BCUT2D eigenvalue weighted by Gasteiger charge is 2.33. The summed E-state index contributed by atoms with van der Waals surface area (Å²) < 4.78 is 2.30. The van der Waals surface area contributed by atoms with Gasteiger partial charge in [0.15, 0.2) is 0 Å². The molecule has 0 fully saturated rings. The first-order valence-electron chi connectivity index (χ1n) is 10.4. The molecule has 0 bridgehead atoms. The van der Waals surface area contributed by atoms with Crippen LogP contribution in [0.3, 0.4) is 0 Å². The third kappa shape index (κ3) is 3.91. The van der Waals surface area contributed by atoms with Gasteiger partial charge in [-0.15, -0.1) is 0 Å². The number of carbonyl (C=O) groups excluding carboxylic acids is 1. The Balaban J connectivity index is 1.89. The minimum absolute atomic E-state index is 0.126. The Morgan fingerprint density at radius 3 is 2.63 bits per heavy atom. The van der Waals surface area contributed by atoms with Gasteiger partial charge in [-0.2, -0.15) is 0 Å². The average Bonchev–Trinajstić information content (AvgIpc) is 2.92. The molecule has 4 heteroatoms. The molecular weight excluding hydrogens is 334 g/mol. The zero-order chi connectivity index (χ0) is 19.7. The Bertz CT molecular complexity index is 807. The van der Waals surface area contributed by atoms with Crippen molar-refractivity contribution in [2.75, 3.05) is 6.54 Å². The smallest absolute Gasteiger partial charge is 0.220 e. The molecule has 1 amide bonds. The van der Waals surface area contributed by atoms with Gasteiger partial charge < -0.3 is 15.2 Å². The summed E-state index contributed by atoms with van der Waals surface area (Å²) in [6.45, 7) is 9.27. The highest BCUT2D eigenvalue weighted by Crippen LogP contribution is 2.39. The van der Waals surface area contributed by atoms with E-state index in [4.69, 9.17) is 5.73 Å². The van der Waals surface area contributed by atoms with E-state index in [-0.39, 0.29) is 18.0 Å². The molecule has 1 aromatic carbocycles. The van der Waals surface area contributed by atoms with Gasteiger partial charge in [0.2, 0.25) is 5.91 Å². The van der Waals surface area contributed by atoms with Gasteiger partial charge in [-0.1, -0.05) is 39.0 Å². The van der Waals surface area contributed by atoms with Gasteiger partial charge >= 0.3 is 0 Å². The summed E-state index contributed by atoms with van der Waals surface area (Å²) in [5, 5.41) is 1.33. The van der Waals surface area contributed by atoms with Crippen LogP contribution >= 0.6 is 0 Å². The summed E-state index contributed by atoms with van der Waals surface area (Å²) >= 11 is 0. The van der Waals surface area contributed by atoms with Crippen molar-refractivity contribution in [2.24, 2.45) is 24.6 Å². The molecule has 0 saturated heterocycles. The van der Waals surface area contributed by atoms with Crippen LogP contribution in [0.4, 0.5) is 0 Å². The maximum absolute atomic E-state index is 12.4. The average molecular weight is 370 g/mol. The summed E-state index contributed by atoms with van der Waals surface area (Å²) in [5.41, 5.74) is 10.5. The van der Waals surface area contributed by atoms with E-state index in [2.05, 4.69) is 61.6 Å². The van der Waals surface area contributed by atoms with Crippen molar-refractivity contribution >= 4 is 16.8 Å². The Hall–Kier alpha value is -1.81. The predicted molar refractivity (Wildman–Crippen MR) is 113 cm³/mol. The second-order valence-corrected chi connectivity index (χ2v) is 8.77. The fraction of sp³-hybridized carbons (Fsp3) is 0.609. The SMILES string of the molecule is CC(=O)N1CCc2c(n(C)c3ccccc23)C1CCC(N)C(C)CC(C)C. The van der Waals surface area contributed by atoms with E-state index >= 15 is 0 Å². The molecule has 0 radical (unpaired) electrons. The topological polar surface area (TPSA) is 51.3 Å². The lowest BCUT2D eigenvalue weighted by Gasteiger charge is -2.37. The van der Waals surface area contributed by atoms with Gasteiger partial charge in [-0.25, -0.2) is 0 Å². The molecule has 2 N–H and O–H groups in total. The Morgan fingerprint density at radius 1 is 1.26 bits per heavy atom. The summed E-state index contributed by atoms with van der Waals surface area (Å²) in [5.74, 6) is 1.34. The van der Waals surface area contributed by atoms with Crippen LogP contribution in [0.5, 0.6) is 0 Å². The number of fused-ring (bicyclic) bond motifs is 3. The van der Waals surface area contributed by atoms with E-state index in [0.717, 1.165) is 32.2 Å². The molecule has 3 unspecified atom stereocenters. The molecule has 3 atom stereocenters. The predicted octanol–water partition coefficient (Wildman–Crippen LogP) is 4.41. The number of nitrogens with two attached hydrogens (primary N) is 1.